The van der Waals surface area contributed by atoms with E-state index in [9.17, 15) is 14.7 Å². The lowest BCUT2D eigenvalue weighted by molar-refractivity contribution is -0.137. The van der Waals surface area contributed by atoms with Crippen LogP contribution in [-0.4, -0.2) is 72.5 Å². The van der Waals surface area contributed by atoms with Gasteiger partial charge in [0.15, 0.2) is 0 Å². The summed E-state index contributed by atoms with van der Waals surface area (Å²) in [5, 5.41) is 12.9. The summed E-state index contributed by atoms with van der Waals surface area (Å²) in [6.07, 6.45) is 0. The van der Waals surface area contributed by atoms with Crippen molar-refractivity contribution in [3.05, 3.63) is 54.1 Å². The van der Waals surface area contributed by atoms with Gasteiger partial charge in [-0.2, -0.15) is 0 Å². The number of carbonyl (C=O) groups is 2. The van der Waals surface area contributed by atoms with Gasteiger partial charge in [0.1, 0.15) is 5.75 Å². The van der Waals surface area contributed by atoms with Gasteiger partial charge < -0.3 is 20.2 Å². The topological polar surface area (TPSA) is 76.1 Å². The molecule has 0 radical (unpaired) electrons. The van der Waals surface area contributed by atoms with E-state index in [1.807, 2.05) is 50.2 Å². The molecule has 0 bridgehead atoms. The van der Waals surface area contributed by atoms with Gasteiger partial charge in [0, 0.05) is 38.9 Å². The van der Waals surface area contributed by atoms with Gasteiger partial charge in [-0.25, -0.2) is 0 Å². The molecule has 1 unspecified atom stereocenters. The summed E-state index contributed by atoms with van der Waals surface area (Å²) in [7, 11) is 1.66. The average Bonchev–Trinajstić information content (AvgIpc) is 2.74. The largest absolute Gasteiger partial charge is 0.506 e. The Bertz CT molecular complexity index is 876. The Labute approximate surface area is 177 Å². The molecule has 1 aliphatic heterocycles. The molecule has 1 saturated heterocycles. The van der Waals surface area contributed by atoms with Gasteiger partial charge in [0.05, 0.1) is 18.3 Å². The zero-order chi connectivity index (χ0) is 21.7. The number of nitrogens with zero attached hydrogens (tertiary/aromatic N) is 3. The number of likely N-dealkylation sites (N-methyl/N-ethyl adjacent to an activating group) is 1. The zero-order valence-electron chi connectivity index (χ0n) is 17.8. The van der Waals surface area contributed by atoms with E-state index >= 15 is 0 Å². The number of carbonyl (C=O) groups excluding carboxylic acids is 2. The third kappa shape index (κ3) is 5.30. The highest BCUT2D eigenvalue weighted by Crippen LogP contribution is 2.27. The Morgan fingerprint density at radius 2 is 1.70 bits per heavy atom. The van der Waals surface area contributed by atoms with E-state index in [1.54, 1.807) is 19.2 Å². The Kier molecular flexibility index (Phi) is 6.95. The molecule has 1 fully saturated rings. The number of amides is 2. The number of phenols is 1. The number of piperazine rings is 1. The smallest absolute Gasteiger partial charge is 0.243 e. The van der Waals surface area contributed by atoms with Crippen molar-refractivity contribution in [2.24, 2.45) is 0 Å². The molecule has 2 amide bonds. The van der Waals surface area contributed by atoms with Gasteiger partial charge in [0.25, 0.3) is 0 Å². The number of hydrogen-bond donors (Lipinski definition) is 2. The zero-order valence-corrected chi connectivity index (χ0v) is 17.8. The molecule has 2 N–H and O–H groups in total. The van der Waals surface area contributed by atoms with Crippen LogP contribution in [0, 0.1) is 6.92 Å². The fourth-order valence-electron chi connectivity index (χ4n) is 3.69. The number of aryl methyl sites for hydroxylation is 1. The number of rotatable bonds is 6. The van der Waals surface area contributed by atoms with Gasteiger partial charge in [-0.05, 0) is 38.1 Å². The van der Waals surface area contributed by atoms with E-state index in [0.717, 1.165) is 30.0 Å². The maximum Gasteiger partial charge on any atom is 0.243 e. The first-order valence-corrected chi connectivity index (χ1v) is 10.2. The van der Waals surface area contributed by atoms with Crippen LogP contribution < -0.4 is 10.2 Å². The molecule has 0 saturated carbocycles. The van der Waals surface area contributed by atoms with E-state index in [2.05, 4.69) is 15.1 Å². The van der Waals surface area contributed by atoms with Crippen LogP contribution in [0.15, 0.2) is 48.5 Å². The first kappa shape index (κ1) is 21.6. The number of aromatic hydroxyl groups is 1. The standard InChI is InChI=1S/C23H30N4O3/c1-17-8-10-19(11-9-17)24-22(29)16-25(3)23(30)18(2)26-12-14-27(15-13-26)20-6-4-5-7-21(20)28/h4-11,18,28H,12-16H2,1-3H3,(H,24,29). The minimum Gasteiger partial charge on any atom is -0.506 e. The number of benzene rings is 2. The predicted octanol–water partition coefficient (Wildman–Crippen LogP) is 2.31. The van der Waals surface area contributed by atoms with Crippen LogP contribution >= 0.6 is 0 Å². The van der Waals surface area contributed by atoms with Crippen molar-refractivity contribution in [1.82, 2.24) is 9.80 Å². The van der Waals surface area contributed by atoms with Crippen LogP contribution in [0.25, 0.3) is 0 Å². The molecule has 3 rings (SSSR count). The minimum atomic E-state index is -0.311. The molecular weight excluding hydrogens is 380 g/mol. The molecule has 1 atom stereocenters. The van der Waals surface area contributed by atoms with Crippen molar-refractivity contribution >= 4 is 23.2 Å². The van der Waals surface area contributed by atoms with E-state index < -0.39 is 0 Å². The van der Waals surface area contributed by atoms with Crippen LogP contribution in [0.1, 0.15) is 12.5 Å². The van der Waals surface area contributed by atoms with Gasteiger partial charge in [-0.1, -0.05) is 29.8 Å². The summed E-state index contributed by atoms with van der Waals surface area (Å²) >= 11 is 0. The third-order valence-corrected chi connectivity index (χ3v) is 5.53. The van der Waals surface area contributed by atoms with Crippen molar-refractivity contribution in [2.45, 2.75) is 19.9 Å². The quantitative estimate of drug-likeness (QED) is 0.764. The van der Waals surface area contributed by atoms with E-state index in [-0.39, 0.29) is 30.2 Å². The SMILES string of the molecule is Cc1ccc(NC(=O)CN(C)C(=O)C(C)N2CCN(c3ccccc3O)CC2)cc1. The van der Waals surface area contributed by atoms with Crippen LogP contribution in [0.3, 0.4) is 0 Å². The van der Waals surface area contributed by atoms with Gasteiger partial charge in [0.2, 0.25) is 11.8 Å². The van der Waals surface area contributed by atoms with E-state index in [1.165, 1.54) is 4.90 Å². The summed E-state index contributed by atoms with van der Waals surface area (Å²) < 4.78 is 0. The van der Waals surface area contributed by atoms with Gasteiger partial charge >= 0.3 is 0 Å². The van der Waals surface area contributed by atoms with Crippen molar-refractivity contribution in [3.63, 3.8) is 0 Å². The molecule has 1 aliphatic rings. The monoisotopic (exact) mass is 410 g/mol. The highest BCUT2D eigenvalue weighted by molar-refractivity contribution is 5.95. The summed E-state index contributed by atoms with van der Waals surface area (Å²) in [6.45, 7) is 6.76. The van der Waals surface area contributed by atoms with Crippen LogP contribution in [-0.2, 0) is 9.59 Å². The first-order chi connectivity index (χ1) is 14.3. The number of para-hydroxylation sites is 2. The Balaban J connectivity index is 1.49. The molecule has 0 aromatic heterocycles. The summed E-state index contributed by atoms with van der Waals surface area (Å²) in [6, 6.07) is 14.6. The highest BCUT2D eigenvalue weighted by atomic mass is 16.3. The molecule has 2 aromatic carbocycles. The molecule has 1 heterocycles. The Morgan fingerprint density at radius 3 is 2.33 bits per heavy atom. The Morgan fingerprint density at radius 1 is 1.07 bits per heavy atom. The number of nitrogens with one attached hydrogen (secondary N) is 1. The number of phenolic OH excluding ortho intramolecular Hbond substituents is 1. The highest BCUT2D eigenvalue weighted by Gasteiger charge is 2.28. The fourth-order valence-corrected chi connectivity index (χ4v) is 3.69. The van der Waals surface area contributed by atoms with Gasteiger partial charge in [-0.15, -0.1) is 0 Å². The molecule has 7 nitrogen and oxygen atoms in total. The van der Waals surface area contributed by atoms with Crippen LogP contribution in [0.5, 0.6) is 5.75 Å². The summed E-state index contributed by atoms with van der Waals surface area (Å²) in [4.78, 5) is 30.8. The van der Waals surface area contributed by atoms with Crippen molar-refractivity contribution in [3.8, 4) is 5.75 Å². The summed E-state index contributed by atoms with van der Waals surface area (Å²) in [5.74, 6) is -0.0225. The Hall–Kier alpha value is -3.06. The third-order valence-electron chi connectivity index (χ3n) is 5.53. The maximum absolute atomic E-state index is 12.8. The lowest BCUT2D eigenvalue weighted by Crippen LogP contribution is -2.54. The lowest BCUT2D eigenvalue weighted by Gasteiger charge is -2.39. The van der Waals surface area contributed by atoms with Crippen LogP contribution in [0.4, 0.5) is 11.4 Å². The van der Waals surface area contributed by atoms with E-state index in [0.29, 0.717) is 13.1 Å². The van der Waals surface area contributed by atoms with Crippen molar-refractivity contribution in [2.75, 3.05) is 50.0 Å². The van der Waals surface area contributed by atoms with E-state index in [4.69, 9.17) is 0 Å². The number of hydrogen-bond acceptors (Lipinski definition) is 5. The summed E-state index contributed by atoms with van der Waals surface area (Å²) in [5.41, 5.74) is 2.66. The van der Waals surface area contributed by atoms with Crippen molar-refractivity contribution in [1.29, 1.82) is 0 Å². The second-order valence-electron chi connectivity index (χ2n) is 7.80. The van der Waals surface area contributed by atoms with Crippen molar-refractivity contribution < 1.29 is 14.7 Å². The van der Waals surface area contributed by atoms with Crippen LogP contribution in [0.2, 0.25) is 0 Å². The molecule has 2 aromatic rings. The second-order valence-corrected chi connectivity index (χ2v) is 7.80. The van der Waals surface area contributed by atoms with Gasteiger partial charge in [-0.3, -0.25) is 14.5 Å². The first-order valence-electron chi connectivity index (χ1n) is 10.2. The molecule has 0 aliphatic carbocycles. The lowest BCUT2D eigenvalue weighted by atomic mass is 10.2. The minimum absolute atomic E-state index is 0.00883. The predicted molar refractivity (Wildman–Crippen MR) is 119 cm³/mol. The molecule has 160 valence electrons. The fraction of sp³-hybridized carbons (Fsp3) is 0.391. The number of anilines is 2. The molecule has 7 heteroatoms. The average molecular weight is 411 g/mol. The second kappa shape index (κ2) is 9.63. The molecule has 30 heavy (non-hydrogen) atoms. The maximum atomic E-state index is 12.8. The normalized spacial score (nSPS) is 15.5. The molecule has 0 spiro atoms. The molecular formula is C23H30N4O3.